The van der Waals surface area contributed by atoms with Crippen molar-refractivity contribution in [2.45, 2.75) is 20.5 Å². The van der Waals surface area contributed by atoms with Crippen molar-refractivity contribution in [1.82, 2.24) is 10.5 Å². The summed E-state index contributed by atoms with van der Waals surface area (Å²) in [6.45, 7) is 4.69. The maximum atomic E-state index is 12.3. The van der Waals surface area contributed by atoms with Crippen LogP contribution in [0.3, 0.4) is 0 Å². The van der Waals surface area contributed by atoms with Crippen LogP contribution in [0, 0.1) is 24.0 Å². The Morgan fingerprint density at radius 3 is 2.53 bits per heavy atom. The summed E-state index contributed by atoms with van der Waals surface area (Å²) in [4.78, 5) is 22.8. The summed E-state index contributed by atoms with van der Waals surface area (Å²) < 4.78 is 10.8. The summed E-state index contributed by atoms with van der Waals surface area (Å²) in [7, 11) is 0. The second-order valence-corrected chi connectivity index (χ2v) is 6.57. The van der Waals surface area contributed by atoms with Crippen LogP contribution in [-0.4, -0.2) is 29.1 Å². The lowest BCUT2D eigenvalue weighted by Crippen LogP contribution is -2.28. The molecule has 3 aromatic rings. The van der Waals surface area contributed by atoms with Crippen molar-refractivity contribution in [3.63, 3.8) is 0 Å². The van der Waals surface area contributed by atoms with Gasteiger partial charge in [-0.3, -0.25) is 14.9 Å². The summed E-state index contributed by atoms with van der Waals surface area (Å²) in [5, 5.41) is 20.6. The SMILES string of the molecule is Cc1noc(C)c1COc1ccc(C(=O)NCCNc2ccccc2[N+](=O)[O-])cc1. The van der Waals surface area contributed by atoms with Crippen molar-refractivity contribution >= 4 is 17.3 Å². The van der Waals surface area contributed by atoms with Crippen LogP contribution in [0.25, 0.3) is 0 Å². The van der Waals surface area contributed by atoms with E-state index in [9.17, 15) is 14.9 Å². The molecule has 0 saturated carbocycles. The molecule has 1 amide bonds. The first-order valence-corrected chi connectivity index (χ1v) is 9.36. The van der Waals surface area contributed by atoms with Crippen LogP contribution >= 0.6 is 0 Å². The Labute approximate surface area is 173 Å². The quantitative estimate of drug-likeness (QED) is 0.314. The zero-order valence-electron chi connectivity index (χ0n) is 16.7. The highest BCUT2D eigenvalue weighted by molar-refractivity contribution is 5.94. The van der Waals surface area contributed by atoms with Gasteiger partial charge >= 0.3 is 0 Å². The van der Waals surface area contributed by atoms with E-state index in [2.05, 4.69) is 15.8 Å². The normalized spacial score (nSPS) is 10.5. The lowest BCUT2D eigenvalue weighted by molar-refractivity contribution is -0.384. The van der Waals surface area contributed by atoms with E-state index < -0.39 is 4.92 Å². The number of hydrogen-bond donors (Lipinski definition) is 2. The van der Waals surface area contributed by atoms with Gasteiger partial charge < -0.3 is 19.9 Å². The molecule has 0 aliphatic carbocycles. The lowest BCUT2D eigenvalue weighted by Gasteiger charge is -2.09. The number of nitro groups is 1. The molecule has 0 radical (unpaired) electrons. The van der Waals surface area contributed by atoms with Crippen molar-refractivity contribution in [3.8, 4) is 5.75 Å². The van der Waals surface area contributed by atoms with Gasteiger partial charge in [-0.2, -0.15) is 0 Å². The number of ether oxygens (including phenoxy) is 1. The van der Waals surface area contributed by atoms with E-state index in [0.717, 1.165) is 17.0 Å². The van der Waals surface area contributed by atoms with Crippen LogP contribution in [0.5, 0.6) is 5.75 Å². The number of carbonyl (C=O) groups is 1. The molecule has 0 unspecified atom stereocenters. The van der Waals surface area contributed by atoms with E-state index in [1.54, 1.807) is 42.5 Å². The minimum atomic E-state index is -0.448. The number of rotatable bonds is 9. The summed E-state index contributed by atoms with van der Waals surface area (Å²) in [6.07, 6.45) is 0. The van der Waals surface area contributed by atoms with E-state index in [1.165, 1.54) is 6.07 Å². The highest BCUT2D eigenvalue weighted by Gasteiger charge is 2.12. The molecule has 2 aromatic carbocycles. The molecule has 9 heteroatoms. The van der Waals surface area contributed by atoms with Gasteiger partial charge in [0.1, 0.15) is 23.8 Å². The van der Waals surface area contributed by atoms with Gasteiger partial charge in [0, 0.05) is 24.7 Å². The minimum absolute atomic E-state index is 0.00370. The Balaban J connectivity index is 1.46. The maximum absolute atomic E-state index is 12.3. The molecule has 0 fully saturated rings. The van der Waals surface area contributed by atoms with Crippen LogP contribution in [-0.2, 0) is 6.61 Å². The van der Waals surface area contributed by atoms with Gasteiger partial charge in [0.25, 0.3) is 11.6 Å². The molecule has 9 nitrogen and oxygen atoms in total. The number of carbonyl (C=O) groups excluding carboxylic acids is 1. The van der Waals surface area contributed by atoms with Crippen LogP contribution in [0.4, 0.5) is 11.4 Å². The third-order valence-corrected chi connectivity index (χ3v) is 4.51. The molecule has 0 saturated heterocycles. The van der Waals surface area contributed by atoms with Crippen molar-refractivity contribution in [3.05, 3.63) is 81.2 Å². The molecule has 0 spiro atoms. The number of nitro benzene ring substituents is 1. The first-order valence-electron chi connectivity index (χ1n) is 9.36. The number of para-hydroxylation sites is 2. The molecule has 0 bridgehead atoms. The fraction of sp³-hybridized carbons (Fsp3) is 0.238. The Kier molecular flexibility index (Phi) is 6.63. The molecule has 1 aromatic heterocycles. The zero-order valence-corrected chi connectivity index (χ0v) is 16.7. The summed E-state index contributed by atoms with van der Waals surface area (Å²) >= 11 is 0. The minimum Gasteiger partial charge on any atom is -0.489 e. The van der Waals surface area contributed by atoms with Crippen molar-refractivity contribution in [1.29, 1.82) is 0 Å². The molecular formula is C21H22N4O5. The van der Waals surface area contributed by atoms with Crippen LogP contribution in [0.1, 0.15) is 27.4 Å². The molecular weight excluding hydrogens is 388 g/mol. The molecule has 30 heavy (non-hydrogen) atoms. The van der Waals surface area contributed by atoms with Gasteiger partial charge in [-0.25, -0.2) is 0 Å². The number of hydrogen-bond acceptors (Lipinski definition) is 7. The second kappa shape index (κ2) is 9.55. The van der Waals surface area contributed by atoms with E-state index in [1.807, 2.05) is 13.8 Å². The van der Waals surface area contributed by atoms with Gasteiger partial charge in [-0.15, -0.1) is 0 Å². The molecule has 3 rings (SSSR count). The van der Waals surface area contributed by atoms with E-state index in [-0.39, 0.29) is 11.6 Å². The number of anilines is 1. The fourth-order valence-electron chi connectivity index (χ4n) is 2.82. The predicted octanol–water partition coefficient (Wildman–Crippen LogP) is 3.62. The van der Waals surface area contributed by atoms with Gasteiger partial charge in [0.05, 0.1) is 16.2 Å². The third kappa shape index (κ3) is 5.13. The van der Waals surface area contributed by atoms with E-state index in [4.69, 9.17) is 9.26 Å². The Morgan fingerprint density at radius 2 is 1.87 bits per heavy atom. The number of amides is 1. The molecule has 0 aliphatic rings. The van der Waals surface area contributed by atoms with E-state index >= 15 is 0 Å². The predicted molar refractivity (Wildman–Crippen MR) is 111 cm³/mol. The highest BCUT2D eigenvalue weighted by atomic mass is 16.6. The number of benzene rings is 2. The van der Waals surface area contributed by atoms with Crippen molar-refractivity contribution < 1.29 is 19.0 Å². The topological polar surface area (TPSA) is 120 Å². The van der Waals surface area contributed by atoms with Gasteiger partial charge in [0.15, 0.2) is 0 Å². The Bertz CT molecular complexity index is 1010. The molecule has 2 N–H and O–H groups in total. The van der Waals surface area contributed by atoms with Gasteiger partial charge in [0.2, 0.25) is 0 Å². The first-order chi connectivity index (χ1) is 14.5. The van der Waals surface area contributed by atoms with Crippen molar-refractivity contribution in [2.24, 2.45) is 0 Å². The first kappa shape index (κ1) is 20.8. The average molecular weight is 410 g/mol. The Hall–Kier alpha value is -3.88. The monoisotopic (exact) mass is 410 g/mol. The fourth-order valence-corrected chi connectivity index (χ4v) is 2.82. The zero-order chi connectivity index (χ0) is 21.5. The standard InChI is InChI=1S/C21H22N4O5/c1-14-18(15(2)30-24-14)13-29-17-9-7-16(8-10-17)21(26)23-12-11-22-19-5-3-4-6-20(19)25(27)28/h3-10,22H,11-13H2,1-2H3,(H,23,26). The van der Waals surface area contributed by atoms with Gasteiger partial charge in [-0.05, 0) is 44.2 Å². The number of nitrogens with zero attached hydrogens (tertiary/aromatic N) is 2. The third-order valence-electron chi connectivity index (χ3n) is 4.51. The lowest BCUT2D eigenvalue weighted by atomic mass is 10.2. The van der Waals surface area contributed by atoms with Gasteiger partial charge in [-0.1, -0.05) is 17.3 Å². The molecule has 1 heterocycles. The summed E-state index contributed by atoms with van der Waals surface area (Å²) in [5.74, 6) is 1.11. The van der Waals surface area contributed by atoms with Crippen LogP contribution in [0.2, 0.25) is 0 Å². The average Bonchev–Trinajstić information content (AvgIpc) is 3.07. The number of aryl methyl sites for hydroxylation is 2. The number of nitrogens with one attached hydrogen (secondary N) is 2. The van der Waals surface area contributed by atoms with Crippen LogP contribution in [0.15, 0.2) is 53.1 Å². The second-order valence-electron chi connectivity index (χ2n) is 6.57. The summed E-state index contributed by atoms with van der Waals surface area (Å²) in [6, 6.07) is 13.2. The molecule has 0 aliphatic heterocycles. The maximum Gasteiger partial charge on any atom is 0.292 e. The van der Waals surface area contributed by atoms with E-state index in [0.29, 0.717) is 36.7 Å². The molecule has 0 atom stereocenters. The molecule has 156 valence electrons. The summed E-state index contributed by atoms with van der Waals surface area (Å²) in [5.41, 5.74) is 2.60. The van der Waals surface area contributed by atoms with Crippen LogP contribution < -0.4 is 15.4 Å². The highest BCUT2D eigenvalue weighted by Crippen LogP contribution is 2.22. The smallest absolute Gasteiger partial charge is 0.292 e. The largest absolute Gasteiger partial charge is 0.489 e. The number of aromatic nitrogens is 1. The van der Waals surface area contributed by atoms with Crippen molar-refractivity contribution in [2.75, 3.05) is 18.4 Å². The Morgan fingerprint density at radius 1 is 1.13 bits per heavy atom.